The second kappa shape index (κ2) is 8.04. The van der Waals surface area contributed by atoms with Gasteiger partial charge in [0.2, 0.25) is 0 Å². The number of dihydropyridines is 1. The topological polar surface area (TPSA) is 67.4 Å². The van der Waals surface area contributed by atoms with Gasteiger partial charge in [-0.25, -0.2) is 13.6 Å². The van der Waals surface area contributed by atoms with Gasteiger partial charge in [0.15, 0.2) is 5.83 Å². The molecule has 0 saturated carbocycles. The van der Waals surface area contributed by atoms with Gasteiger partial charge in [-0.05, 0) is 47.9 Å². The Hall–Kier alpha value is -3.48. The number of halogens is 2. The van der Waals surface area contributed by atoms with Crippen LogP contribution in [-0.4, -0.2) is 25.5 Å². The molecule has 5 nitrogen and oxygen atoms in total. The molecule has 2 N–H and O–H groups in total. The van der Waals surface area contributed by atoms with Crippen LogP contribution < -0.4 is 10.6 Å². The molecule has 0 bridgehead atoms. The van der Waals surface area contributed by atoms with Gasteiger partial charge in [-0.15, -0.1) is 0 Å². The van der Waals surface area contributed by atoms with E-state index in [4.69, 9.17) is 4.74 Å². The molecule has 0 unspecified atom stereocenters. The summed E-state index contributed by atoms with van der Waals surface area (Å²) in [6.07, 6.45) is 0.957. The molecule has 0 fully saturated rings. The molecule has 1 amide bonds. The van der Waals surface area contributed by atoms with Gasteiger partial charge in [0.25, 0.3) is 5.91 Å². The van der Waals surface area contributed by atoms with Crippen LogP contribution in [0.1, 0.15) is 15.9 Å². The summed E-state index contributed by atoms with van der Waals surface area (Å²) in [6.45, 7) is 1.68. The Morgan fingerprint density at radius 2 is 1.82 bits per heavy atom. The smallest absolute Gasteiger partial charge is 0.337 e. The van der Waals surface area contributed by atoms with E-state index in [9.17, 15) is 18.4 Å². The minimum Gasteiger partial charge on any atom is -0.465 e. The minimum atomic E-state index is -0.951. The van der Waals surface area contributed by atoms with Crippen LogP contribution in [0.3, 0.4) is 0 Å². The van der Waals surface area contributed by atoms with Crippen molar-refractivity contribution in [2.45, 2.75) is 6.92 Å². The lowest BCUT2D eigenvalue weighted by molar-refractivity contribution is -0.112. The van der Waals surface area contributed by atoms with Crippen molar-refractivity contribution in [2.24, 2.45) is 0 Å². The van der Waals surface area contributed by atoms with Gasteiger partial charge in [-0.2, -0.15) is 0 Å². The van der Waals surface area contributed by atoms with Crippen LogP contribution in [0.2, 0.25) is 0 Å². The Bertz CT molecular complexity index is 995. The Kier molecular flexibility index (Phi) is 5.54. The number of carbonyl (C=O) groups excluding carboxylic acids is 2. The van der Waals surface area contributed by atoms with E-state index in [1.165, 1.54) is 7.11 Å². The van der Waals surface area contributed by atoms with E-state index in [2.05, 4.69) is 10.6 Å². The molecule has 0 radical (unpaired) electrons. The fourth-order valence-corrected chi connectivity index (χ4v) is 2.86. The summed E-state index contributed by atoms with van der Waals surface area (Å²) in [6, 6.07) is 12.0. The quantitative estimate of drug-likeness (QED) is 0.782. The zero-order chi connectivity index (χ0) is 20.3. The molecular formula is C21H18F2N2O3. The third kappa shape index (κ3) is 3.93. The number of methoxy groups -OCH3 is 1. The zero-order valence-electron chi connectivity index (χ0n) is 15.3. The number of nitrogens with one attached hydrogen (secondary N) is 2. The number of benzene rings is 2. The summed E-state index contributed by atoms with van der Waals surface area (Å²) >= 11 is 0. The average Bonchev–Trinajstić information content (AvgIpc) is 2.68. The van der Waals surface area contributed by atoms with Crippen molar-refractivity contribution in [3.05, 3.63) is 77.0 Å². The molecule has 7 heteroatoms. The largest absolute Gasteiger partial charge is 0.465 e. The second-order valence-corrected chi connectivity index (χ2v) is 6.21. The number of aryl methyl sites for hydroxylation is 1. The summed E-state index contributed by atoms with van der Waals surface area (Å²) in [5.41, 5.74) is 2.82. The van der Waals surface area contributed by atoms with Gasteiger partial charge in [0, 0.05) is 11.9 Å². The minimum absolute atomic E-state index is 0.231. The molecule has 28 heavy (non-hydrogen) atoms. The summed E-state index contributed by atoms with van der Waals surface area (Å²) in [5.74, 6) is -3.10. The van der Waals surface area contributed by atoms with E-state index >= 15 is 0 Å². The molecule has 0 aliphatic carbocycles. The molecule has 0 saturated heterocycles. The molecule has 2 aromatic carbocycles. The highest BCUT2D eigenvalue weighted by atomic mass is 19.1. The molecule has 1 heterocycles. The van der Waals surface area contributed by atoms with E-state index in [0.29, 0.717) is 11.3 Å². The molecular weight excluding hydrogens is 366 g/mol. The van der Waals surface area contributed by atoms with Crippen molar-refractivity contribution in [1.29, 1.82) is 0 Å². The number of carbonyl (C=O) groups is 2. The number of ether oxygens (including phenoxy) is 1. The maximum Gasteiger partial charge on any atom is 0.337 e. The fraction of sp³-hybridized carbons (Fsp3) is 0.143. The summed E-state index contributed by atoms with van der Waals surface area (Å²) in [7, 11) is 1.32. The number of hydrogen-bond acceptors (Lipinski definition) is 4. The number of hydrogen-bond donors (Lipinski definition) is 2. The predicted octanol–water partition coefficient (Wildman–Crippen LogP) is 4.02. The summed E-state index contributed by atoms with van der Waals surface area (Å²) in [4.78, 5) is 23.9. The van der Waals surface area contributed by atoms with Crippen molar-refractivity contribution >= 4 is 17.6 Å². The van der Waals surface area contributed by atoms with Gasteiger partial charge in [-0.1, -0.05) is 18.2 Å². The van der Waals surface area contributed by atoms with Crippen LogP contribution in [0.5, 0.6) is 0 Å². The highest BCUT2D eigenvalue weighted by Crippen LogP contribution is 2.27. The first-order chi connectivity index (χ1) is 13.4. The van der Waals surface area contributed by atoms with Crippen molar-refractivity contribution in [3.8, 4) is 11.1 Å². The normalized spacial score (nSPS) is 13.5. The van der Waals surface area contributed by atoms with E-state index in [0.717, 1.165) is 22.9 Å². The van der Waals surface area contributed by atoms with Crippen molar-refractivity contribution in [3.63, 3.8) is 0 Å². The molecule has 2 aromatic rings. The lowest BCUT2D eigenvalue weighted by Crippen LogP contribution is -2.23. The second-order valence-electron chi connectivity index (χ2n) is 6.21. The van der Waals surface area contributed by atoms with Crippen molar-refractivity contribution in [1.82, 2.24) is 5.32 Å². The third-order valence-corrected chi connectivity index (χ3v) is 4.34. The van der Waals surface area contributed by atoms with Crippen molar-refractivity contribution in [2.75, 3.05) is 19.0 Å². The van der Waals surface area contributed by atoms with E-state index < -0.39 is 29.1 Å². The molecule has 0 spiro atoms. The monoisotopic (exact) mass is 384 g/mol. The average molecular weight is 384 g/mol. The molecule has 144 valence electrons. The van der Waals surface area contributed by atoms with Gasteiger partial charge >= 0.3 is 5.97 Å². The standard InChI is InChI=1S/C21H18F2N2O3/c1-12-3-4-14(21(27)28-2)9-16(12)13-5-7-15(8-6-13)25-20(26)19-17(22)10-24-11-18(19)23/h3-10,24H,11H2,1-2H3,(H,25,26). The fourth-order valence-electron chi connectivity index (χ4n) is 2.86. The number of amides is 1. The highest BCUT2D eigenvalue weighted by molar-refractivity contribution is 6.07. The van der Waals surface area contributed by atoms with Gasteiger partial charge < -0.3 is 15.4 Å². The first-order valence-corrected chi connectivity index (χ1v) is 8.49. The molecule has 0 aromatic heterocycles. The lowest BCUT2D eigenvalue weighted by Gasteiger charge is -2.14. The number of esters is 1. The van der Waals surface area contributed by atoms with Gasteiger partial charge in [0.1, 0.15) is 11.4 Å². The summed E-state index contributed by atoms with van der Waals surface area (Å²) < 4.78 is 32.2. The van der Waals surface area contributed by atoms with E-state index in [1.54, 1.807) is 36.4 Å². The first kappa shape index (κ1) is 19.3. The maximum absolute atomic E-state index is 13.8. The van der Waals surface area contributed by atoms with Crippen molar-refractivity contribution < 1.29 is 23.1 Å². The molecule has 3 rings (SSSR count). The Morgan fingerprint density at radius 1 is 1.11 bits per heavy atom. The van der Waals surface area contributed by atoms with Gasteiger partial charge in [0.05, 0.1) is 19.2 Å². The zero-order valence-corrected chi connectivity index (χ0v) is 15.3. The first-order valence-electron chi connectivity index (χ1n) is 8.49. The summed E-state index contributed by atoms with van der Waals surface area (Å²) in [5, 5.41) is 4.88. The number of rotatable bonds is 4. The van der Waals surface area contributed by atoms with Crippen LogP contribution in [-0.2, 0) is 9.53 Å². The molecule has 1 aliphatic heterocycles. The van der Waals surface area contributed by atoms with Crippen LogP contribution in [0.15, 0.2) is 65.9 Å². The van der Waals surface area contributed by atoms with E-state index in [1.807, 2.05) is 13.0 Å². The Labute approximate surface area is 160 Å². The SMILES string of the molecule is COC(=O)c1ccc(C)c(-c2ccc(NC(=O)C3=C(F)CNC=C3F)cc2)c1. The Balaban J connectivity index is 1.82. The Morgan fingerprint density at radius 3 is 2.46 bits per heavy atom. The van der Waals surface area contributed by atoms with E-state index in [-0.39, 0.29) is 6.54 Å². The van der Waals surface area contributed by atoms with Crippen LogP contribution in [0, 0.1) is 6.92 Å². The maximum atomic E-state index is 13.8. The number of anilines is 1. The highest BCUT2D eigenvalue weighted by Gasteiger charge is 2.23. The molecule has 1 aliphatic rings. The third-order valence-electron chi connectivity index (χ3n) is 4.34. The van der Waals surface area contributed by atoms with Gasteiger partial charge in [-0.3, -0.25) is 4.79 Å². The van der Waals surface area contributed by atoms with Crippen LogP contribution >= 0.6 is 0 Å². The predicted molar refractivity (Wildman–Crippen MR) is 102 cm³/mol. The molecule has 0 atom stereocenters. The van der Waals surface area contributed by atoms with Crippen LogP contribution in [0.4, 0.5) is 14.5 Å². The lowest BCUT2D eigenvalue weighted by atomic mass is 9.98. The van der Waals surface area contributed by atoms with Crippen LogP contribution in [0.25, 0.3) is 11.1 Å².